The van der Waals surface area contributed by atoms with Gasteiger partial charge in [-0.1, -0.05) is 13.8 Å². The van der Waals surface area contributed by atoms with E-state index in [1.807, 2.05) is 24.5 Å². The zero-order chi connectivity index (χ0) is 22.5. The van der Waals surface area contributed by atoms with Gasteiger partial charge in [0.15, 0.2) is 0 Å². The Morgan fingerprint density at radius 3 is 2.72 bits per heavy atom. The van der Waals surface area contributed by atoms with Gasteiger partial charge in [0.05, 0.1) is 34.4 Å². The van der Waals surface area contributed by atoms with Gasteiger partial charge in [-0.2, -0.15) is 0 Å². The first kappa shape index (κ1) is 19.7. The second-order valence-corrected chi connectivity index (χ2v) is 10.1. The zero-order valence-corrected chi connectivity index (χ0v) is 19.4. The van der Waals surface area contributed by atoms with Crippen molar-refractivity contribution in [1.82, 2.24) is 9.55 Å². The lowest BCUT2D eigenvalue weighted by Gasteiger charge is -2.33. The summed E-state index contributed by atoms with van der Waals surface area (Å²) in [4.78, 5) is 31.4. The van der Waals surface area contributed by atoms with Crippen molar-refractivity contribution in [2.45, 2.75) is 78.4 Å². The van der Waals surface area contributed by atoms with Crippen LogP contribution in [0.1, 0.15) is 78.5 Å². The minimum Gasteiger partial charge on any atom is -0.460 e. The number of carbonyl (C=O) groups is 1. The van der Waals surface area contributed by atoms with Gasteiger partial charge >= 0.3 is 5.97 Å². The molecule has 6 rings (SSSR count). The van der Waals surface area contributed by atoms with Crippen LogP contribution in [-0.4, -0.2) is 15.5 Å². The highest BCUT2D eigenvalue weighted by atomic mass is 16.5. The highest BCUT2D eigenvalue weighted by Gasteiger charge is 2.43. The fourth-order valence-electron chi connectivity index (χ4n) is 6.13. The van der Waals surface area contributed by atoms with Crippen LogP contribution in [0.2, 0.25) is 0 Å². The molecule has 3 aliphatic rings. The fourth-order valence-corrected chi connectivity index (χ4v) is 6.13. The van der Waals surface area contributed by atoms with Gasteiger partial charge in [0.1, 0.15) is 6.61 Å². The summed E-state index contributed by atoms with van der Waals surface area (Å²) in [6.45, 7) is 11.1. The van der Waals surface area contributed by atoms with Gasteiger partial charge in [0, 0.05) is 10.9 Å². The molecule has 0 fully saturated rings. The number of rotatable bonds is 1. The summed E-state index contributed by atoms with van der Waals surface area (Å²) in [7, 11) is 0. The molecule has 164 valence electrons. The molecule has 0 amide bonds. The molecule has 3 aromatic rings. The van der Waals surface area contributed by atoms with Crippen LogP contribution in [0, 0.1) is 13.8 Å². The Kier molecular flexibility index (Phi) is 3.88. The fraction of sp³-hybridized carbons (Fsp3) is 0.444. The van der Waals surface area contributed by atoms with Crippen LogP contribution in [0.25, 0.3) is 22.3 Å². The van der Waals surface area contributed by atoms with E-state index < -0.39 is 5.41 Å². The molecular weight excluding hydrogens is 400 g/mol. The van der Waals surface area contributed by atoms with Crippen molar-refractivity contribution < 1.29 is 9.53 Å². The van der Waals surface area contributed by atoms with Crippen LogP contribution >= 0.6 is 0 Å². The highest BCUT2D eigenvalue weighted by molar-refractivity contribution is 5.93. The third-order valence-corrected chi connectivity index (χ3v) is 8.45. The van der Waals surface area contributed by atoms with E-state index >= 15 is 0 Å². The summed E-state index contributed by atoms with van der Waals surface area (Å²) in [5.74, 6) is 0.176. The first-order valence-corrected chi connectivity index (χ1v) is 11.7. The van der Waals surface area contributed by atoms with Crippen LogP contribution in [-0.2, 0) is 34.5 Å². The van der Waals surface area contributed by atoms with Crippen molar-refractivity contribution in [3.8, 4) is 11.4 Å². The molecule has 1 aliphatic carbocycles. The molecular formula is C27H28N2O3. The number of cyclic esters (lactones) is 1. The van der Waals surface area contributed by atoms with E-state index in [0.717, 1.165) is 35.3 Å². The first-order valence-electron chi connectivity index (χ1n) is 11.7. The minimum absolute atomic E-state index is 0.0463. The van der Waals surface area contributed by atoms with Gasteiger partial charge in [-0.25, -0.2) is 4.98 Å². The summed E-state index contributed by atoms with van der Waals surface area (Å²) in [6.07, 6.45) is 2.78. The van der Waals surface area contributed by atoms with Crippen molar-refractivity contribution in [1.29, 1.82) is 0 Å². The molecule has 32 heavy (non-hydrogen) atoms. The highest BCUT2D eigenvalue weighted by Crippen LogP contribution is 2.46. The molecule has 4 heterocycles. The number of ether oxygens (including phenoxy) is 1. The van der Waals surface area contributed by atoms with E-state index in [1.165, 1.54) is 33.2 Å². The lowest BCUT2D eigenvalue weighted by atomic mass is 9.76. The van der Waals surface area contributed by atoms with Crippen LogP contribution in [0.3, 0.4) is 0 Å². The average Bonchev–Trinajstić information content (AvgIpc) is 3.14. The number of pyridine rings is 2. The topological polar surface area (TPSA) is 61.2 Å². The SMILES string of the molecule is CCC1(C)C(=O)OCc2c1cc1n(c2=O)Cc2c-1nc1cc(C)c(C)c3c1c2C(C)CC3. The molecule has 0 saturated carbocycles. The molecule has 2 atom stereocenters. The summed E-state index contributed by atoms with van der Waals surface area (Å²) in [5, 5.41) is 1.30. The maximum atomic E-state index is 13.6. The molecule has 0 N–H and O–H groups in total. The Balaban J connectivity index is 1.70. The van der Waals surface area contributed by atoms with Gasteiger partial charge in [-0.15, -0.1) is 0 Å². The van der Waals surface area contributed by atoms with Crippen molar-refractivity contribution in [2.24, 2.45) is 0 Å². The van der Waals surface area contributed by atoms with E-state index in [9.17, 15) is 9.59 Å². The van der Waals surface area contributed by atoms with Crippen molar-refractivity contribution >= 4 is 16.9 Å². The normalized spacial score (nSPS) is 23.0. The average molecular weight is 429 g/mol. The molecule has 2 aliphatic heterocycles. The first-order chi connectivity index (χ1) is 15.3. The maximum absolute atomic E-state index is 13.6. The van der Waals surface area contributed by atoms with E-state index in [4.69, 9.17) is 9.72 Å². The number of fused-ring (bicyclic) bond motifs is 5. The van der Waals surface area contributed by atoms with Gasteiger partial charge in [0.2, 0.25) is 0 Å². The lowest BCUT2D eigenvalue weighted by Crippen LogP contribution is -2.42. The largest absolute Gasteiger partial charge is 0.460 e. The second-order valence-electron chi connectivity index (χ2n) is 10.1. The molecule has 1 aromatic carbocycles. The van der Waals surface area contributed by atoms with Crippen LogP contribution in [0.15, 0.2) is 16.9 Å². The monoisotopic (exact) mass is 428 g/mol. The molecule has 2 aromatic heterocycles. The van der Waals surface area contributed by atoms with Crippen molar-refractivity contribution in [2.75, 3.05) is 0 Å². The van der Waals surface area contributed by atoms with Crippen molar-refractivity contribution in [3.05, 3.63) is 61.4 Å². The number of nitrogens with zero attached hydrogens (tertiary/aromatic N) is 2. The Bertz CT molecular complexity index is 1430. The molecule has 0 bridgehead atoms. The number of carbonyl (C=O) groups excluding carboxylic acids is 1. The van der Waals surface area contributed by atoms with Gasteiger partial charge in [0.25, 0.3) is 5.56 Å². The van der Waals surface area contributed by atoms with Gasteiger partial charge in [-0.05, 0) is 85.9 Å². The quantitative estimate of drug-likeness (QED) is 0.408. The van der Waals surface area contributed by atoms with E-state index in [1.54, 1.807) is 0 Å². The summed E-state index contributed by atoms with van der Waals surface area (Å²) in [6, 6.07) is 4.25. The predicted octanol–water partition coefficient (Wildman–Crippen LogP) is 4.82. The molecule has 0 saturated heterocycles. The zero-order valence-electron chi connectivity index (χ0n) is 19.4. The molecule has 0 radical (unpaired) electrons. The van der Waals surface area contributed by atoms with Gasteiger partial charge in [-0.3, -0.25) is 9.59 Å². The van der Waals surface area contributed by atoms with E-state index in [-0.39, 0.29) is 18.1 Å². The third kappa shape index (κ3) is 2.26. The van der Waals surface area contributed by atoms with Gasteiger partial charge < -0.3 is 9.30 Å². The standard InChI is InChI=1S/C27H28N2O3/c1-6-27(5)19-10-21-24-17(11-29(21)25(30)18(19)12-32-26(27)31)22-13(2)7-8-16-15(4)14(3)9-20(28-24)23(16)22/h9-10,13H,6-8,11-12H2,1-5H3. The number of aromatic nitrogens is 2. The summed E-state index contributed by atoms with van der Waals surface area (Å²) >= 11 is 0. The summed E-state index contributed by atoms with van der Waals surface area (Å²) < 4.78 is 7.29. The van der Waals surface area contributed by atoms with Crippen LogP contribution < -0.4 is 5.56 Å². The smallest absolute Gasteiger partial charge is 0.316 e. The number of hydrogen-bond donors (Lipinski definition) is 0. The molecule has 2 unspecified atom stereocenters. The Hall–Kier alpha value is -2.95. The van der Waals surface area contributed by atoms with E-state index in [0.29, 0.717) is 24.4 Å². The Morgan fingerprint density at radius 2 is 1.97 bits per heavy atom. The Labute approximate surface area is 187 Å². The molecule has 0 spiro atoms. The maximum Gasteiger partial charge on any atom is 0.316 e. The van der Waals surface area contributed by atoms with Crippen LogP contribution in [0.4, 0.5) is 0 Å². The molecule has 5 heteroatoms. The predicted molar refractivity (Wildman–Crippen MR) is 124 cm³/mol. The number of hydrogen-bond acceptors (Lipinski definition) is 4. The number of esters is 1. The Morgan fingerprint density at radius 1 is 1.19 bits per heavy atom. The third-order valence-electron chi connectivity index (χ3n) is 8.45. The second kappa shape index (κ2) is 6.31. The lowest BCUT2D eigenvalue weighted by molar-refractivity contribution is -0.153. The number of benzene rings is 1. The summed E-state index contributed by atoms with van der Waals surface area (Å²) in [5.41, 5.74) is 9.95. The van der Waals surface area contributed by atoms with Crippen LogP contribution in [0.5, 0.6) is 0 Å². The number of aryl methyl sites for hydroxylation is 2. The molecule has 5 nitrogen and oxygen atoms in total. The minimum atomic E-state index is -0.801. The van der Waals surface area contributed by atoms with E-state index in [2.05, 4.69) is 26.8 Å². The van der Waals surface area contributed by atoms with Crippen molar-refractivity contribution in [3.63, 3.8) is 0 Å².